The van der Waals surface area contributed by atoms with Gasteiger partial charge in [0, 0.05) is 12.4 Å². The normalized spacial score (nSPS) is 13.0. The molecule has 0 aromatic heterocycles. The molecule has 0 saturated heterocycles. The van der Waals surface area contributed by atoms with Crippen molar-refractivity contribution in [2.45, 2.75) is 6.04 Å². The van der Waals surface area contributed by atoms with Gasteiger partial charge < -0.3 is 16.6 Å². The Bertz CT molecular complexity index is 383. The van der Waals surface area contributed by atoms with Crippen LogP contribution >= 0.6 is 11.6 Å². The van der Waals surface area contributed by atoms with Crippen molar-refractivity contribution in [1.29, 1.82) is 0 Å². The summed E-state index contributed by atoms with van der Waals surface area (Å²) in [7, 11) is 0. The summed E-state index contributed by atoms with van der Waals surface area (Å²) in [6.07, 6.45) is 2.77. The number of hydrogen-bond donors (Lipinski definition) is 4. The highest BCUT2D eigenvalue weighted by Crippen LogP contribution is 2.27. The summed E-state index contributed by atoms with van der Waals surface area (Å²) in [4.78, 5) is 0. The quantitative estimate of drug-likeness (QED) is 0.453. The Balaban J connectivity index is 3.08. The smallest absolute Gasteiger partial charge is 0.0758 e. The molecule has 0 aliphatic carbocycles. The molecular weight excluding hydrogens is 228 g/mol. The Labute approximate surface area is 99.0 Å². The second-order valence-corrected chi connectivity index (χ2v) is 3.66. The van der Waals surface area contributed by atoms with E-state index >= 15 is 0 Å². The van der Waals surface area contributed by atoms with Gasteiger partial charge in [-0.1, -0.05) is 17.7 Å². The van der Waals surface area contributed by atoms with Crippen LogP contribution in [0.5, 0.6) is 0 Å². The topological polar surface area (TPSA) is 102 Å². The fourth-order valence-corrected chi connectivity index (χ4v) is 1.45. The Morgan fingerprint density at radius 2 is 2.19 bits per heavy atom. The Hall–Kier alpha value is -1.27. The predicted octanol–water partition coefficient (Wildman–Crippen LogP) is 0.442. The van der Waals surface area contributed by atoms with Gasteiger partial charge in [-0.2, -0.15) is 0 Å². The van der Waals surface area contributed by atoms with E-state index in [0.29, 0.717) is 10.7 Å². The maximum absolute atomic E-state index is 8.95. The molecule has 0 bridgehead atoms. The minimum atomic E-state index is -0.453. The van der Waals surface area contributed by atoms with Crippen LogP contribution in [0.2, 0.25) is 5.02 Å². The molecule has 88 valence electrons. The van der Waals surface area contributed by atoms with E-state index in [2.05, 4.69) is 0 Å². The zero-order valence-electron chi connectivity index (χ0n) is 8.68. The summed E-state index contributed by atoms with van der Waals surface area (Å²) >= 11 is 5.98. The molecular formula is C10H15ClN4O. The maximum Gasteiger partial charge on any atom is 0.0758 e. The van der Waals surface area contributed by atoms with Gasteiger partial charge in [0.15, 0.2) is 0 Å². The fourth-order valence-electron chi connectivity index (χ4n) is 1.24. The van der Waals surface area contributed by atoms with Crippen molar-refractivity contribution < 1.29 is 5.11 Å². The van der Waals surface area contributed by atoms with Crippen LogP contribution in [0, 0.1) is 0 Å². The standard InChI is InChI=1S/C10H15ClN4O/c11-8-2-1-7(9(13)6-16)5-10(8)15(14)4-3-12/h1-5,9,16H,6,12-14H2/b4-3-/t9-/m1/s1. The molecule has 0 unspecified atom stereocenters. The van der Waals surface area contributed by atoms with Gasteiger partial charge in [0.25, 0.3) is 0 Å². The zero-order valence-corrected chi connectivity index (χ0v) is 9.43. The summed E-state index contributed by atoms with van der Waals surface area (Å²) in [5, 5.41) is 10.7. The average molecular weight is 243 g/mol. The molecule has 1 rings (SSSR count). The average Bonchev–Trinajstić information content (AvgIpc) is 2.29. The van der Waals surface area contributed by atoms with Crippen LogP contribution < -0.4 is 22.3 Å². The van der Waals surface area contributed by atoms with Gasteiger partial charge in [-0.05, 0) is 17.7 Å². The Morgan fingerprint density at radius 1 is 1.50 bits per heavy atom. The first kappa shape index (κ1) is 12.8. The number of benzene rings is 1. The second kappa shape index (κ2) is 5.72. The van der Waals surface area contributed by atoms with Crippen LogP contribution in [-0.2, 0) is 0 Å². The summed E-state index contributed by atoms with van der Waals surface area (Å²) in [5.41, 5.74) is 12.2. The van der Waals surface area contributed by atoms with Crippen LogP contribution in [0.4, 0.5) is 5.69 Å². The van der Waals surface area contributed by atoms with E-state index in [1.165, 1.54) is 17.4 Å². The molecule has 0 aliphatic heterocycles. The zero-order chi connectivity index (χ0) is 12.1. The van der Waals surface area contributed by atoms with Crippen LogP contribution in [0.25, 0.3) is 0 Å². The summed E-state index contributed by atoms with van der Waals surface area (Å²) in [5.74, 6) is 5.70. The summed E-state index contributed by atoms with van der Waals surface area (Å²) < 4.78 is 0. The van der Waals surface area contributed by atoms with Gasteiger partial charge in [0.05, 0.1) is 23.4 Å². The Kier molecular flexibility index (Phi) is 4.57. The minimum absolute atomic E-state index is 0.141. The van der Waals surface area contributed by atoms with Crippen LogP contribution in [0.3, 0.4) is 0 Å². The Morgan fingerprint density at radius 3 is 2.75 bits per heavy atom. The first-order chi connectivity index (χ1) is 7.60. The number of aliphatic hydroxyl groups excluding tert-OH is 1. The van der Waals surface area contributed by atoms with Crippen LogP contribution in [-0.4, -0.2) is 11.7 Å². The lowest BCUT2D eigenvalue weighted by Gasteiger charge is -2.17. The molecule has 0 aliphatic rings. The fraction of sp³-hybridized carbons (Fsp3) is 0.200. The van der Waals surface area contributed by atoms with Crippen molar-refractivity contribution in [2.24, 2.45) is 17.3 Å². The third kappa shape index (κ3) is 2.86. The van der Waals surface area contributed by atoms with Crippen molar-refractivity contribution in [2.75, 3.05) is 11.6 Å². The lowest BCUT2D eigenvalue weighted by molar-refractivity contribution is 0.268. The summed E-state index contributed by atoms with van der Waals surface area (Å²) in [6, 6.07) is 4.67. The SMILES string of the molecule is N/C=C\N(N)c1cc([C@H](N)CO)ccc1Cl. The van der Waals surface area contributed by atoms with E-state index in [1.54, 1.807) is 18.2 Å². The van der Waals surface area contributed by atoms with E-state index in [4.69, 9.17) is 34.0 Å². The number of hydrogen-bond acceptors (Lipinski definition) is 5. The molecule has 0 saturated carbocycles. The molecule has 5 nitrogen and oxygen atoms in total. The lowest BCUT2D eigenvalue weighted by Crippen LogP contribution is -2.25. The van der Waals surface area contributed by atoms with Crippen molar-refractivity contribution in [3.05, 3.63) is 41.2 Å². The van der Waals surface area contributed by atoms with Gasteiger partial charge in [-0.3, -0.25) is 5.01 Å². The first-order valence-corrected chi connectivity index (χ1v) is 5.06. The highest BCUT2D eigenvalue weighted by Gasteiger charge is 2.10. The van der Waals surface area contributed by atoms with Crippen molar-refractivity contribution in [1.82, 2.24) is 0 Å². The molecule has 1 aromatic carbocycles. The molecule has 6 heteroatoms. The number of hydrazine groups is 1. The van der Waals surface area contributed by atoms with Gasteiger partial charge >= 0.3 is 0 Å². The number of aliphatic hydroxyl groups is 1. The molecule has 0 radical (unpaired) electrons. The maximum atomic E-state index is 8.95. The third-order valence-electron chi connectivity index (χ3n) is 2.12. The van der Waals surface area contributed by atoms with Crippen molar-refractivity contribution >= 4 is 17.3 Å². The monoisotopic (exact) mass is 242 g/mol. The molecule has 0 heterocycles. The highest BCUT2D eigenvalue weighted by molar-refractivity contribution is 6.33. The first-order valence-electron chi connectivity index (χ1n) is 4.68. The molecule has 7 N–H and O–H groups in total. The lowest BCUT2D eigenvalue weighted by atomic mass is 10.1. The molecule has 0 amide bonds. The van der Waals surface area contributed by atoms with Crippen molar-refractivity contribution in [3.63, 3.8) is 0 Å². The van der Waals surface area contributed by atoms with E-state index in [-0.39, 0.29) is 6.61 Å². The van der Waals surface area contributed by atoms with Gasteiger partial charge in [0.2, 0.25) is 0 Å². The molecule has 0 fully saturated rings. The van der Waals surface area contributed by atoms with Crippen LogP contribution in [0.15, 0.2) is 30.6 Å². The van der Waals surface area contributed by atoms with Crippen LogP contribution in [0.1, 0.15) is 11.6 Å². The predicted molar refractivity (Wildman–Crippen MR) is 65.5 cm³/mol. The molecule has 1 aromatic rings. The van der Waals surface area contributed by atoms with Crippen molar-refractivity contribution in [3.8, 4) is 0 Å². The third-order valence-corrected chi connectivity index (χ3v) is 2.44. The summed E-state index contributed by atoms with van der Waals surface area (Å²) in [6.45, 7) is -0.141. The van der Waals surface area contributed by atoms with E-state index in [1.807, 2.05) is 0 Å². The van der Waals surface area contributed by atoms with Gasteiger partial charge in [0.1, 0.15) is 0 Å². The molecule has 16 heavy (non-hydrogen) atoms. The number of nitrogens with zero attached hydrogens (tertiary/aromatic N) is 1. The van der Waals surface area contributed by atoms with E-state index in [9.17, 15) is 0 Å². The number of rotatable bonds is 4. The number of halogens is 1. The van der Waals surface area contributed by atoms with Gasteiger partial charge in [-0.15, -0.1) is 0 Å². The van der Waals surface area contributed by atoms with E-state index < -0.39 is 6.04 Å². The number of anilines is 1. The second-order valence-electron chi connectivity index (χ2n) is 3.25. The number of nitrogens with two attached hydrogens (primary N) is 3. The van der Waals surface area contributed by atoms with Gasteiger partial charge in [-0.25, -0.2) is 5.84 Å². The molecule has 0 spiro atoms. The largest absolute Gasteiger partial charge is 0.403 e. The van der Waals surface area contributed by atoms with E-state index in [0.717, 1.165) is 5.56 Å². The highest BCUT2D eigenvalue weighted by atomic mass is 35.5. The molecule has 1 atom stereocenters. The minimum Gasteiger partial charge on any atom is -0.403 e.